The molecule has 0 aromatic rings. The minimum atomic E-state index is -0.112. The minimum absolute atomic E-state index is 0.112. The first-order valence-electron chi connectivity index (χ1n) is 7.02. The first-order chi connectivity index (χ1) is 7.70. The number of amides is 1. The standard InChI is InChI=1S/C15H29NO/c1-10(2)12-8-7-11(3)9-13(12)14(17)16-15(4,5)6/h10-13H,7-9H2,1-6H3,(H,16,17)/t11-,12+,13+/m1/s1. The van der Waals surface area contributed by atoms with Gasteiger partial charge in [-0.25, -0.2) is 0 Å². The van der Waals surface area contributed by atoms with E-state index in [9.17, 15) is 4.79 Å². The van der Waals surface area contributed by atoms with Crippen LogP contribution in [-0.2, 0) is 4.79 Å². The molecule has 1 rings (SSSR count). The average Bonchev–Trinajstić information content (AvgIpc) is 2.14. The number of nitrogens with one attached hydrogen (secondary N) is 1. The molecule has 0 saturated heterocycles. The normalized spacial score (nSPS) is 30.4. The van der Waals surface area contributed by atoms with Gasteiger partial charge in [0.25, 0.3) is 0 Å². The molecule has 1 aliphatic rings. The van der Waals surface area contributed by atoms with E-state index in [4.69, 9.17) is 0 Å². The van der Waals surface area contributed by atoms with Crippen LogP contribution in [0.1, 0.15) is 60.8 Å². The summed E-state index contributed by atoms with van der Waals surface area (Å²) >= 11 is 0. The second-order valence-corrected chi connectivity index (χ2v) is 7.17. The lowest BCUT2D eigenvalue weighted by atomic mass is 9.69. The Balaban J connectivity index is 2.72. The van der Waals surface area contributed by atoms with Gasteiger partial charge >= 0.3 is 0 Å². The van der Waals surface area contributed by atoms with Crippen LogP contribution >= 0.6 is 0 Å². The Labute approximate surface area is 107 Å². The van der Waals surface area contributed by atoms with Crippen LogP contribution in [0, 0.1) is 23.7 Å². The number of carbonyl (C=O) groups is 1. The van der Waals surface area contributed by atoms with E-state index in [2.05, 4.69) is 46.9 Å². The van der Waals surface area contributed by atoms with Crippen molar-refractivity contribution in [2.24, 2.45) is 23.7 Å². The Morgan fingerprint density at radius 3 is 2.29 bits per heavy atom. The van der Waals surface area contributed by atoms with Crippen LogP contribution in [0.25, 0.3) is 0 Å². The Morgan fingerprint density at radius 2 is 1.82 bits per heavy atom. The SMILES string of the molecule is CC(C)[C@@H]1CC[C@@H](C)C[C@@H]1C(=O)NC(C)(C)C. The molecule has 0 aromatic carbocycles. The van der Waals surface area contributed by atoms with Crippen LogP contribution in [0.3, 0.4) is 0 Å². The number of hydrogen-bond donors (Lipinski definition) is 1. The van der Waals surface area contributed by atoms with E-state index in [1.54, 1.807) is 0 Å². The molecule has 0 unspecified atom stereocenters. The van der Waals surface area contributed by atoms with E-state index in [0.29, 0.717) is 17.8 Å². The van der Waals surface area contributed by atoms with Crippen LogP contribution in [-0.4, -0.2) is 11.4 Å². The number of rotatable bonds is 2. The van der Waals surface area contributed by atoms with Gasteiger partial charge < -0.3 is 5.32 Å². The first-order valence-corrected chi connectivity index (χ1v) is 7.02. The molecule has 0 bridgehead atoms. The Kier molecular flexibility index (Phi) is 4.62. The van der Waals surface area contributed by atoms with Crippen molar-refractivity contribution in [3.8, 4) is 0 Å². The summed E-state index contributed by atoms with van der Waals surface area (Å²) in [5, 5.41) is 3.16. The zero-order chi connectivity index (χ0) is 13.2. The fourth-order valence-corrected chi connectivity index (χ4v) is 2.97. The Bertz CT molecular complexity index is 265. The quantitative estimate of drug-likeness (QED) is 0.783. The van der Waals surface area contributed by atoms with Crippen molar-refractivity contribution in [3.05, 3.63) is 0 Å². The van der Waals surface area contributed by atoms with Gasteiger partial charge in [-0.05, 0) is 51.4 Å². The van der Waals surface area contributed by atoms with Gasteiger partial charge in [-0.2, -0.15) is 0 Å². The highest BCUT2D eigenvalue weighted by atomic mass is 16.2. The summed E-state index contributed by atoms with van der Waals surface area (Å²) in [6, 6.07) is 0. The van der Waals surface area contributed by atoms with Gasteiger partial charge in [-0.15, -0.1) is 0 Å². The lowest BCUT2D eigenvalue weighted by Gasteiger charge is -2.37. The fourth-order valence-electron chi connectivity index (χ4n) is 2.97. The van der Waals surface area contributed by atoms with Crippen molar-refractivity contribution < 1.29 is 4.79 Å². The molecule has 2 nitrogen and oxygen atoms in total. The van der Waals surface area contributed by atoms with Crippen molar-refractivity contribution in [1.29, 1.82) is 0 Å². The molecule has 100 valence electrons. The van der Waals surface area contributed by atoms with Gasteiger partial charge in [0.05, 0.1) is 0 Å². The minimum Gasteiger partial charge on any atom is -0.351 e. The van der Waals surface area contributed by atoms with Crippen molar-refractivity contribution in [1.82, 2.24) is 5.32 Å². The maximum atomic E-state index is 12.4. The molecule has 1 saturated carbocycles. The highest BCUT2D eigenvalue weighted by Gasteiger charge is 2.36. The van der Waals surface area contributed by atoms with Crippen LogP contribution < -0.4 is 5.32 Å². The van der Waals surface area contributed by atoms with Gasteiger partial charge in [0, 0.05) is 11.5 Å². The van der Waals surface area contributed by atoms with Gasteiger partial charge in [0.15, 0.2) is 0 Å². The zero-order valence-electron chi connectivity index (χ0n) is 12.3. The number of hydrogen-bond acceptors (Lipinski definition) is 1. The smallest absolute Gasteiger partial charge is 0.223 e. The second-order valence-electron chi connectivity index (χ2n) is 7.17. The lowest BCUT2D eigenvalue weighted by Crippen LogP contribution is -2.47. The first kappa shape index (κ1) is 14.5. The van der Waals surface area contributed by atoms with Crippen molar-refractivity contribution in [3.63, 3.8) is 0 Å². The molecular weight excluding hydrogens is 210 g/mol. The molecular formula is C15H29NO. The summed E-state index contributed by atoms with van der Waals surface area (Å²) in [6.45, 7) is 12.9. The predicted molar refractivity (Wildman–Crippen MR) is 72.7 cm³/mol. The fraction of sp³-hybridized carbons (Fsp3) is 0.933. The van der Waals surface area contributed by atoms with Crippen LogP contribution in [0.5, 0.6) is 0 Å². The van der Waals surface area contributed by atoms with E-state index in [-0.39, 0.29) is 17.4 Å². The molecule has 0 aliphatic heterocycles. The van der Waals surface area contributed by atoms with Gasteiger partial charge in [-0.3, -0.25) is 4.79 Å². The summed E-state index contributed by atoms with van der Waals surface area (Å²) in [6.07, 6.45) is 3.55. The Hall–Kier alpha value is -0.530. The topological polar surface area (TPSA) is 29.1 Å². The molecule has 3 atom stereocenters. The molecule has 0 radical (unpaired) electrons. The summed E-state index contributed by atoms with van der Waals surface area (Å²) in [7, 11) is 0. The lowest BCUT2D eigenvalue weighted by molar-refractivity contribution is -0.130. The third-order valence-electron chi connectivity index (χ3n) is 3.86. The van der Waals surface area contributed by atoms with E-state index in [0.717, 1.165) is 6.42 Å². The maximum absolute atomic E-state index is 12.4. The molecule has 2 heteroatoms. The molecule has 0 heterocycles. The predicted octanol–water partition coefficient (Wildman–Crippen LogP) is 3.61. The van der Waals surface area contributed by atoms with Crippen LogP contribution in [0.4, 0.5) is 0 Å². The molecule has 1 N–H and O–H groups in total. The van der Waals surface area contributed by atoms with Crippen LogP contribution in [0.15, 0.2) is 0 Å². The van der Waals surface area contributed by atoms with Crippen LogP contribution in [0.2, 0.25) is 0 Å². The number of carbonyl (C=O) groups excluding carboxylic acids is 1. The highest BCUT2D eigenvalue weighted by molar-refractivity contribution is 5.79. The molecule has 1 amide bonds. The largest absolute Gasteiger partial charge is 0.351 e. The Morgan fingerprint density at radius 1 is 1.24 bits per heavy atom. The van der Waals surface area contributed by atoms with E-state index in [1.807, 2.05) is 0 Å². The summed E-state index contributed by atoms with van der Waals surface area (Å²) < 4.78 is 0. The maximum Gasteiger partial charge on any atom is 0.223 e. The van der Waals surface area contributed by atoms with Crippen molar-refractivity contribution in [2.45, 2.75) is 66.3 Å². The van der Waals surface area contributed by atoms with E-state index < -0.39 is 0 Å². The van der Waals surface area contributed by atoms with Gasteiger partial charge in [-0.1, -0.05) is 27.2 Å². The summed E-state index contributed by atoms with van der Waals surface area (Å²) in [5.41, 5.74) is -0.112. The summed E-state index contributed by atoms with van der Waals surface area (Å²) in [5.74, 6) is 2.35. The average molecular weight is 239 g/mol. The molecule has 1 fully saturated rings. The molecule has 0 spiro atoms. The van der Waals surface area contributed by atoms with E-state index in [1.165, 1.54) is 12.8 Å². The molecule has 1 aliphatic carbocycles. The molecule has 0 aromatic heterocycles. The third-order valence-corrected chi connectivity index (χ3v) is 3.86. The highest BCUT2D eigenvalue weighted by Crippen LogP contribution is 2.38. The third kappa shape index (κ3) is 4.33. The summed E-state index contributed by atoms with van der Waals surface area (Å²) in [4.78, 5) is 12.4. The van der Waals surface area contributed by atoms with Gasteiger partial charge in [0.2, 0.25) is 5.91 Å². The van der Waals surface area contributed by atoms with Gasteiger partial charge in [0.1, 0.15) is 0 Å². The molecule has 17 heavy (non-hydrogen) atoms. The van der Waals surface area contributed by atoms with E-state index >= 15 is 0 Å². The zero-order valence-corrected chi connectivity index (χ0v) is 12.3. The van der Waals surface area contributed by atoms with Crippen molar-refractivity contribution in [2.75, 3.05) is 0 Å². The van der Waals surface area contributed by atoms with Crippen molar-refractivity contribution >= 4 is 5.91 Å². The monoisotopic (exact) mass is 239 g/mol. The second kappa shape index (κ2) is 5.41.